The summed E-state index contributed by atoms with van der Waals surface area (Å²) in [5.74, 6) is -5.49. The molecule has 1 aliphatic carbocycles. The third-order valence-electron chi connectivity index (χ3n) is 14.9. The number of halogens is 1. The quantitative estimate of drug-likeness (QED) is 0.0927. The SMILES string of the molecule is CC[C@@]1(N(C(=O)c2noc(-c3cc(C(C)C)c(O)cc3O)c2-c2ccc(CN3CCOCC3)cc2)[C@H](C(=O)O)C(C)C)C(=O)OCc2c1cc1n(c2=O)Cc2c-1nc1cc(F)c(C)c3c1c2[C@H](N)CC3. The number of fused-ring (bicyclic) bond motifs is 5. The topological polar surface area (TPSA) is 224 Å². The second-order valence-electron chi connectivity index (χ2n) is 19.6. The first kappa shape index (κ1) is 46.8. The average molecular weight is 955 g/mol. The van der Waals surface area contributed by atoms with Crippen LogP contribution in [-0.2, 0) is 50.7 Å². The number of nitrogens with zero attached hydrogens (tertiary/aromatic N) is 5. The molecule has 4 aliphatic rings. The summed E-state index contributed by atoms with van der Waals surface area (Å²) in [5, 5.41) is 38.6. The highest BCUT2D eigenvalue weighted by molar-refractivity contribution is 6.06. The van der Waals surface area contributed by atoms with Gasteiger partial charge in [-0.1, -0.05) is 64.0 Å². The molecule has 1 fully saturated rings. The minimum Gasteiger partial charge on any atom is -0.508 e. The van der Waals surface area contributed by atoms with E-state index in [1.807, 2.05) is 26.0 Å². The van der Waals surface area contributed by atoms with Crippen molar-refractivity contribution in [3.63, 3.8) is 0 Å². The maximum atomic E-state index is 16.0. The van der Waals surface area contributed by atoms with Crippen molar-refractivity contribution >= 4 is 28.7 Å². The van der Waals surface area contributed by atoms with Crippen molar-refractivity contribution < 1.29 is 48.1 Å². The normalized spacial score (nSPS) is 19.0. The summed E-state index contributed by atoms with van der Waals surface area (Å²) in [6.45, 7) is 13.2. The minimum atomic E-state index is -2.25. The predicted octanol–water partition coefficient (Wildman–Crippen LogP) is 7.42. The van der Waals surface area contributed by atoms with E-state index in [1.165, 1.54) is 16.7 Å². The molecule has 3 atom stereocenters. The number of nitrogens with two attached hydrogens (primary N) is 1. The molecule has 0 saturated carbocycles. The van der Waals surface area contributed by atoms with E-state index in [0.29, 0.717) is 71.8 Å². The van der Waals surface area contributed by atoms with Gasteiger partial charge >= 0.3 is 11.9 Å². The van der Waals surface area contributed by atoms with E-state index in [-0.39, 0.29) is 64.1 Å². The van der Waals surface area contributed by atoms with Crippen LogP contribution in [0.25, 0.3) is 44.7 Å². The van der Waals surface area contributed by atoms with Crippen LogP contribution in [0.15, 0.2) is 57.8 Å². The van der Waals surface area contributed by atoms with Gasteiger partial charge in [-0.25, -0.2) is 19.0 Å². The van der Waals surface area contributed by atoms with Crippen LogP contribution in [0.3, 0.4) is 0 Å². The largest absolute Gasteiger partial charge is 0.508 e. The van der Waals surface area contributed by atoms with Crippen molar-refractivity contribution in [2.75, 3.05) is 26.3 Å². The highest BCUT2D eigenvalue weighted by Gasteiger charge is 2.58. The molecule has 0 radical (unpaired) electrons. The Kier molecular flexibility index (Phi) is 11.7. The van der Waals surface area contributed by atoms with Crippen LogP contribution in [0, 0.1) is 18.7 Å². The van der Waals surface area contributed by atoms with Crippen LogP contribution >= 0.6 is 0 Å². The zero-order chi connectivity index (χ0) is 49.7. The van der Waals surface area contributed by atoms with Crippen molar-refractivity contribution in [1.82, 2.24) is 24.5 Å². The van der Waals surface area contributed by atoms with Gasteiger partial charge < -0.3 is 44.5 Å². The Balaban J connectivity index is 1.19. The van der Waals surface area contributed by atoms with E-state index in [4.69, 9.17) is 24.7 Å². The molecule has 0 spiro atoms. The zero-order valence-electron chi connectivity index (χ0n) is 39.9. The number of aliphatic carboxylic acids is 1. The van der Waals surface area contributed by atoms with E-state index >= 15 is 9.18 Å². The maximum Gasteiger partial charge on any atom is 0.337 e. The third-order valence-corrected chi connectivity index (χ3v) is 14.9. The van der Waals surface area contributed by atoms with Gasteiger partial charge in [0, 0.05) is 54.3 Å². The molecule has 10 rings (SSSR count). The van der Waals surface area contributed by atoms with Crippen molar-refractivity contribution in [2.24, 2.45) is 11.7 Å². The van der Waals surface area contributed by atoms with Gasteiger partial charge in [-0.05, 0) is 83.5 Å². The lowest BCUT2D eigenvalue weighted by atomic mass is 9.78. The van der Waals surface area contributed by atoms with Gasteiger partial charge in [0.1, 0.15) is 30.0 Å². The standard InChI is InChI=1S/C53H55FN6O10/c1-7-53(35-19-39-45-33(23-59(39)49(63)34(35)24-69-52(53)67)43-37(55)13-12-30-27(6)36(54)20-38(56-45)44(30)43)60(47(26(4)5)51(65)66)50(64)46-42(29-10-8-28(9-11-29)22-58-14-16-68-17-15-58)48(70-57-46)32-18-31(25(2)3)40(61)21-41(32)62/h8-11,18-21,25-26,37,47,61-62H,7,12-17,22-24,55H2,1-6H3,(H,65,66)/t37-,47+,53+/m1/s1. The van der Waals surface area contributed by atoms with Gasteiger partial charge in [-0.3, -0.25) is 14.5 Å². The molecule has 6 heterocycles. The van der Waals surface area contributed by atoms with Gasteiger partial charge in [0.15, 0.2) is 17.0 Å². The monoisotopic (exact) mass is 954 g/mol. The number of aromatic hydroxyl groups is 2. The number of cyclic esters (lactones) is 1. The minimum absolute atomic E-state index is 0.0425. The molecule has 3 aromatic carbocycles. The first-order valence-corrected chi connectivity index (χ1v) is 23.8. The molecule has 1 saturated heterocycles. The summed E-state index contributed by atoms with van der Waals surface area (Å²) in [4.78, 5) is 68.0. The van der Waals surface area contributed by atoms with Gasteiger partial charge in [0.25, 0.3) is 11.5 Å². The number of phenols is 2. The van der Waals surface area contributed by atoms with Crippen molar-refractivity contribution in [2.45, 2.75) is 104 Å². The molecular formula is C53H55FN6O10. The number of pyridine rings is 2. The van der Waals surface area contributed by atoms with Gasteiger partial charge in [0.05, 0.1) is 53.4 Å². The number of benzene rings is 3. The number of esters is 1. The lowest BCUT2D eigenvalue weighted by molar-refractivity contribution is -0.168. The van der Waals surface area contributed by atoms with Crippen LogP contribution in [0.1, 0.15) is 114 Å². The fourth-order valence-electron chi connectivity index (χ4n) is 11.3. The first-order valence-electron chi connectivity index (χ1n) is 23.8. The number of hydrogen-bond donors (Lipinski definition) is 4. The van der Waals surface area contributed by atoms with Crippen molar-refractivity contribution in [1.29, 1.82) is 0 Å². The third kappa shape index (κ3) is 7.18. The number of carboxylic acids is 1. The van der Waals surface area contributed by atoms with Crippen LogP contribution in [-0.4, -0.2) is 90.0 Å². The number of carbonyl (C=O) groups is 3. The van der Waals surface area contributed by atoms with E-state index in [2.05, 4.69) is 10.1 Å². The van der Waals surface area contributed by atoms with Gasteiger partial charge in [-0.15, -0.1) is 0 Å². The molecule has 0 unspecified atom stereocenters. The molecular weight excluding hydrogens is 900 g/mol. The first-order chi connectivity index (χ1) is 33.5. The van der Waals surface area contributed by atoms with Crippen molar-refractivity contribution in [3.05, 3.63) is 115 Å². The Morgan fingerprint density at radius 2 is 1.73 bits per heavy atom. The summed E-state index contributed by atoms with van der Waals surface area (Å²) in [7, 11) is 0. The molecule has 17 heteroatoms. The summed E-state index contributed by atoms with van der Waals surface area (Å²) in [6, 6.07) is 10.9. The number of amides is 1. The number of hydrogen-bond acceptors (Lipinski definition) is 13. The lowest BCUT2D eigenvalue weighted by Gasteiger charge is -2.47. The Labute approximate surface area is 402 Å². The highest BCUT2D eigenvalue weighted by Crippen LogP contribution is 2.49. The van der Waals surface area contributed by atoms with Crippen LogP contribution in [0.4, 0.5) is 4.39 Å². The molecule has 70 heavy (non-hydrogen) atoms. The number of rotatable bonds is 11. The van der Waals surface area contributed by atoms with E-state index in [9.17, 15) is 29.7 Å². The predicted molar refractivity (Wildman–Crippen MR) is 256 cm³/mol. The molecule has 364 valence electrons. The number of carboxylic acid groups (broad SMARTS) is 1. The maximum absolute atomic E-state index is 16.0. The Morgan fingerprint density at radius 3 is 2.40 bits per heavy atom. The Hall–Kier alpha value is -6.95. The molecule has 16 nitrogen and oxygen atoms in total. The second kappa shape index (κ2) is 17.5. The van der Waals surface area contributed by atoms with E-state index < -0.39 is 59.4 Å². The summed E-state index contributed by atoms with van der Waals surface area (Å²) < 4.78 is 34.5. The average Bonchev–Trinajstić information content (AvgIpc) is 3.93. The molecule has 3 aliphatic heterocycles. The fraction of sp³-hybridized carbons (Fsp3) is 0.396. The Bertz CT molecular complexity index is 3230. The lowest BCUT2D eigenvalue weighted by Crippen LogP contribution is -2.64. The molecule has 1 amide bonds. The van der Waals surface area contributed by atoms with E-state index in [1.54, 1.807) is 52.0 Å². The van der Waals surface area contributed by atoms with Crippen LogP contribution < -0.4 is 11.3 Å². The summed E-state index contributed by atoms with van der Waals surface area (Å²) >= 11 is 0. The highest BCUT2D eigenvalue weighted by atomic mass is 19.1. The number of aryl methyl sites for hydroxylation is 1. The van der Waals surface area contributed by atoms with Crippen molar-refractivity contribution in [3.8, 4) is 45.3 Å². The zero-order valence-corrected chi connectivity index (χ0v) is 39.9. The fourth-order valence-corrected chi connectivity index (χ4v) is 11.3. The molecule has 5 N–H and O–H groups in total. The number of aromatic nitrogens is 3. The smallest absolute Gasteiger partial charge is 0.337 e. The summed E-state index contributed by atoms with van der Waals surface area (Å²) in [6.07, 6.45) is 0.853. The number of ether oxygens (including phenoxy) is 2. The number of morpholine rings is 1. The van der Waals surface area contributed by atoms with E-state index in [0.717, 1.165) is 40.1 Å². The number of carbonyl (C=O) groups excluding carboxylic acids is 2. The Morgan fingerprint density at radius 1 is 1.00 bits per heavy atom. The second-order valence-corrected chi connectivity index (χ2v) is 19.6. The van der Waals surface area contributed by atoms with Gasteiger partial charge in [0.2, 0.25) is 0 Å². The van der Waals surface area contributed by atoms with Gasteiger partial charge in [-0.2, -0.15) is 0 Å². The summed E-state index contributed by atoms with van der Waals surface area (Å²) in [5.41, 5.74) is 9.59. The molecule has 3 aromatic heterocycles. The molecule has 6 aromatic rings. The van der Waals surface area contributed by atoms with Crippen LogP contribution in [0.2, 0.25) is 0 Å². The molecule has 0 bridgehead atoms. The van der Waals surface area contributed by atoms with Crippen LogP contribution in [0.5, 0.6) is 11.5 Å². The number of phenolic OH excluding ortho intramolecular Hbond substituents is 2.